The molecule has 0 bridgehead atoms. The number of hydrogen-bond donors (Lipinski definition) is 1. The van der Waals surface area contributed by atoms with Crippen LogP contribution in [0.15, 0.2) is 23.9 Å². The molecule has 1 saturated carbocycles. The Morgan fingerprint density at radius 2 is 2.04 bits per heavy atom. The van der Waals surface area contributed by atoms with Crippen molar-refractivity contribution in [2.75, 3.05) is 5.75 Å². The first-order valence-corrected chi connectivity index (χ1v) is 8.52. The molecule has 1 N–H and O–H groups in total. The van der Waals surface area contributed by atoms with E-state index in [1.54, 1.807) is 0 Å². The number of hydrogen-bond acceptors (Lipinski definition) is 6. The largest absolute Gasteiger partial charge is 0.473 e. The molecule has 1 aliphatic carbocycles. The van der Waals surface area contributed by atoms with Gasteiger partial charge in [0.05, 0.1) is 24.2 Å². The Bertz CT molecular complexity index is 741. The summed E-state index contributed by atoms with van der Waals surface area (Å²) in [6.45, 7) is 0. The standard InChI is InChI=1S/C13H13F2N3O4S/c14-13(15)3-9(4-13)22-11-6-16-10(5-17-11)12(19)18-8-1-2-23(20,21)7-8/h1-2,5-6,8-9H,3-4,7H2,(H,18,19). The summed E-state index contributed by atoms with van der Waals surface area (Å²) in [5, 5.41) is 3.55. The van der Waals surface area contributed by atoms with Gasteiger partial charge in [-0.15, -0.1) is 0 Å². The van der Waals surface area contributed by atoms with Gasteiger partial charge in [-0.25, -0.2) is 27.2 Å². The smallest absolute Gasteiger partial charge is 0.271 e. The van der Waals surface area contributed by atoms with E-state index in [0.717, 1.165) is 11.6 Å². The minimum absolute atomic E-state index is 0.0195. The normalized spacial score (nSPS) is 24.9. The molecule has 1 fully saturated rings. The van der Waals surface area contributed by atoms with Crippen LogP contribution in [-0.4, -0.2) is 48.1 Å². The van der Waals surface area contributed by atoms with Gasteiger partial charge in [0, 0.05) is 18.2 Å². The Morgan fingerprint density at radius 3 is 2.57 bits per heavy atom. The van der Waals surface area contributed by atoms with Gasteiger partial charge in [0.25, 0.3) is 11.8 Å². The van der Waals surface area contributed by atoms with Crippen LogP contribution in [0, 0.1) is 0 Å². The molecule has 10 heteroatoms. The zero-order valence-electron chi connectivity index (χ0n) is 11.8. The Morgan fingerprint density at radius 1 is 1.30 bits per heavy atom. The predicted molar refractivity (Wildman–Crippen MR) is 74.8 cm³/mol. The van der Waals surface area contributed by atoms with Crippen molar-refractivity contribution >= 4 is 15.7 Å². The number of nitrogens with zero attached hydrogens (tertiary/aromatic N) is 2. The molecule has 0 spiro atoms. The second-order valence-corrected chi connectivity index (χ2v) is 7.41. The third-order valence-electron chi connectivity index (χ3n) is 3.45. The summed E-state index contributed by atoms with van der Waals surface area (Å²) < 4.78 is 53.1. The fraction of sp³-hybridized carbons (Fsp3) is 0.462. The quantitative estimate of drug-likeness (QED) is 0.862. The third kappa shape index (κ3) is 3.81. The molecule has 2 heterocycles. The highest BCUT2D eigenvalue weighted by molar-refractivity contribution is 7.94. The number of nitrogens with one attached hydrogen (secondary N) is 1. The molecule has 0 aromatic carbocycles. The Labute approximate surface area is 130 Å². The molecule has 1 aromatic rings. The maximum atomic E-state index is 12.7. The van der Waals surface area contributed by atoms with E-state index in [4.69, 9.17) is 4.74 Å². The van der Waals surface area contributed by atoms with Crippen LogP contribution in [0.1, 0.15) is 23.3 Å². The van der Waals surface area contributed by atoms with E-state index in [1.165, 1.54) is 12.3 Å². The summed E-state index contributed by atoms with van der Waals surface area (Å²) in [5.41, 5.74) is -0.0195. The van der Waals surface area contributed by atoms with E-state index in [0.29, 0.717) is 0 Å². The van der Waals surface area contributed by atoms with Crippen molar-refractivity contribution in [3.8, 4) is 5.88 Å². The van der Waals surface area contributed by atoms with Crippen LogP contribution in [0.2, 0.25) is 0 Å². The number of amides is 1. The van der Waals surface area contributed by atoms with Gasteiger partial charge in [0.15, 0.2) is 9.84 Å². The van der Waals surface area contributed by atoms with E-state index in [1.807, 2.05) is 0 Å². The molecule has 1 atom stereocenters. The molecule has 1 aliphatic heterocycles. The van der Waals surface area contributed by atoms with Gasteiger partial charge in [-0.2, -0.15) is 0 Å². The summed E-state index contributed by atoms with van der Waals surface area (Å²) in [4.78, 5) is 19.6. The van der Waals surface area contributed by atoms with Gasteiger partial charge >= 0.3 is 0 Å². The second-order valence-electron chi connectivity index (χ2n) is 5.48. The topological polar surface area (TPSA) is 98.2 Å². The van der Waals surface area contributed by atoms with Gasteiger partial charge in [-0.3, -0.25) is 4.79 Å². The predicted octanol–water partition coefficient (Wildman–Crippen LogP) is 0.694. The zero-order chi connectivity index (χ0) is 16.7. The van der Waals surface area contributed by atoms with Crippen LogP contribution in [0.3, 0.4) is 0 Å². The maximum Gasteiger partial charge on any atom is 0.271 e. The molecular formula is C13H13F2N3O4S. The van der Waals surface area contributed by atoms with E-state index in [-0.39, 0.29) is 30.2 Å². The van der Waals surface area contributed by atoms with E-state index >= 15 is 0 Å². The molecule has 3 rings (SSSR count). The first-order valence-electron chi connectivity index (χ1n) is 6.81. The molecule has 0 saturated heterocycles. The second kappa shape index (κ2) is 5.52. The summed E-state index contributed by atoms with van der Waals surface area (Å²) in [6, 6.07) is -0.609. The number of aromatic nitrogens is 2. The van der Waals surface area contributed by atoms with Crippen molar-refractivity contribution in [3.05, 3.63) is 29.6 Å². The fourth-order valence-corrected chi connectivity index (χ4v) is 3.50. The highest BCUT2D eigenvalue weighted by Crippen LogP contribution is 2.39. The first-order chi connectivity index (χ1) is 10.7. The Balaban J connectivity index is 1.55. The van der Waals surface area contributed by atoms with Crippen molar-refractivity contribution in [2.45, 2.75) is 30.9 Å². The van der Waals surface area contributed by atoms with Crippen LogP contribution in [0.5, 0.6) is 5.88 Å². The molecular weight excluding hydrogens is 332 g/mol. The average molecular weight is 345 g/mol. The Kier molecular flexibility index (Phi) is 3.78. The monoisotopic (exact) mass is 345 g/mol. The van der Waals surface area contributed by atoms with Crippen molar-refractivity contribution in [1.29, 1.82) is 0 Å². The molecule has 7 nitrogen and oxygen atoms in total. The van der Waals surface area contributed by atoms with Crippen LogP contribution in [0.4, 0.5) is 8.78 Å². The van der Waals surface area contributed by atoms with Crippen molar-refractivity contribution in [2.24, 2.45) is 0 Å². The summed E-state index contributed by atoms with van der Waals surface area (Å²) in [6.07, 6.45) is 2.38. The lowest BCUT2D eigenvalue weighted by molar-refractivity contribution is -0.135. The SMILES string of the molecule is O=C(NC1C=CS(=O)(=O)C1)c1cnc(OC2CC(F)(F)C2)cn1. The van der Waals surface area contributed by atoms with Crippen molar-refractivity contribution in [1.82, 2.24) is 15.3 Å². The lowest BCUT2D eigenvalue weighted by Gasteiger charge is -2.34. The number of ether oxygens (including phenoxy) is 1. The van der Waals surface area contributed by atoms with Gasteiger partial charge in [0.2, 0.25) is 5.88 Å². The number of carbonyl (C=O) groups is 1. The van der Waals surface area contributed by atoms with Gasteiger partial charge in [-0.05, 0) is 6.08 Å². The van der Waals surface area contributed by atoms with E-state index < -0.39 is 33.8 Å². The van der Waals surface area contributed by atoms with Crippen LogP contribution in [0.25, 0.3) is 0 Å². The zero-order valence-corrected chi connectivity index (χ0v) is 12.6. The van der Waals surface area contributed by atoms with Crippen LogP contribution < -0.4 is 10.1 Å². The number of sulfone groups is 1. The van der Waals surface area contributed by atoms with Gasteiger partial charge < -0.3 is 10.1 Å². The third-order valence-corrected chi connectivity index (χ3v) is 4.84. The van der Waals surface area contributed by atoms with Crippen LogP contribution in [-0.2, 0) is 9.84 Å². The molecule has 1 unspecified atom stereocenters. The number of alkyl halides is 2. The lowest BCUT2D eigenvalue weighted by atomic mass is 9.91. The minimum Gasteiger partial charge on any atom is -0.473 e. The summed E-state index contributed by atoms with van der Waals surface area (Å²) in [7, 11) is -3.26. The molecule has 0 radical (unpaired) electrons. The van der Waals surface area contributed by atoms with Crippen molar-refractivity contribution < 1.29 is 26.7 Å². The van der Waals surface area contributed by atoms with Crippen LogP contribution >= 0.6 is 0 Å². The highest BCUT2D eigenvalue weighted by Gasteiger charge is 2.47. The number of rotatable bonds is 4. The minimum atomic E-state index is -3.26. The van der Waals surface area contributed by atoms with E-state index in [2.05, 4.69) is 15.3 Å². The number of halogens is 2. The van der Waals surface area contributed by atoms with Gasteiger partial charge in [0.1, 0.15) is 11.8 Å². The lowest BCUT2D eigenvalue weighted by Crippen LogP contribution is -2.43. The Hall–Kier alpha value is -2.10. The fourth-order valence-electron chi connectivity index (χ4n) is 2.26. The van der Waals surface area contributed by atoms with Gasteiger partial charge in [-0.1, -0.05) is 0 Å². The van der Waals surface area contributed by atoms with Crippen molar-refractivity contribution in [3.63, 3.8) is 0 Å². The molecule has 1 amide bonds. The molecule has 1 aromatic heterocycles. The maximum absolute atomic E-state index is 12.7. The molecule has 124 valence electrons. The molecule has 23 heavy (non-hydrogen) atoms. The average Bonchev–Trinajstić information content (AvgIpc) is 2.76. The summed E-state index contributed by atoms with van der Waals surface area (Å²) >= 11 is 0. The highest BCUT2D eigenvalue weighted by atomic mass is 32.2. The summed E-state index contributed by atoms with van der Waals surface area (Å²) in [5.74, 6) is -3.40. The molecule has 2 aliphatic rings. The van der Waals surface area contributed by atoms with E-state index in [9.17, 15) is 22.0 Å². The number of carbonyl (C=O) groups excluding carboxylic acids is 1. The first kappa shape index (κ1) is 15.8.